The summed E-state index contributed by atoms with van der Waals surface area (Å²) in [5, 5.41) is 0. The molecule has 112 valence electrons. The molecule has 3 aromatic carbocycles. The zero-order valence-corrected chi connectivity index (χ0v) is 12.8. The fraction of sp³-hybridized carbons (Fsp3) is 0.0476. The van der Waals surface area contributed by atoms with Gasteiger partial charge >= 0.3 is 0 Å². The van der Waals surface area contributed by atoms with Crippen LogP contribution in [0.25, 0.3) is 11.1 Å². The SMILES string of the molecule is Cc1ccc(-c2ccccc2C(=O)C(=O)c2ccccc2)cc1. The fourth-order valence-electron chi connectivity index (χ4n) is 2.51. The zero-order chi connectivity index (χ0) is 16.2. The summed E-state index contributed by atoms with van der Waals surface area (Å²) in [6, 6.07) is 23.8. The number of hydrogen-bond donors (Lipinski definition) is 0. The lowest BCUT2D eigenvalue weighted by molar-refractivity contribution is 0.0817. The number of carbonyl (C=O) groups is 2. The predicted molar refractivity (Wildman–Crippen MR) is 91.7 cm³/mol. The number of ketones is 2. The van der Waals surface area contributed by atoms with Gasteiger partial charge in [0.1, 0.15) is 0 Å². The van der Waals surface area contributed by atoms with Crippen molar-refractivity contribution < 1.29 is 9.59 Å². The van der Waals surface area contributed by atoms with Gasteiger partial charge in [0.2, 0.25) is 11.6 Å². The highest BCUT2D eigenvalue weighted by molar-refractivity contribution is 6.50. The molecule has 23 heavy (non-hydrogen) atoms. The second-order valence-corrected chi connectivity index (χ2v) is 5.44. The van der Waals surface area contributed by atoms with Crippen LogP contribution in [-0.4, -0.2) is 11.6 Å². The van der Waals surface area contributed by atoms with Crippen molar-refractivity contribution in [1.29, 1.82) is 0 Å². The van der Waals surface area contributed by atoms with E-state index in [1.807, 2.05) is 49.4 Å². The third-order valence-electron chi connectivity index (χ3n) is 3.78. The van der Waals surface area contributed by atoms with E-state index in [2.05, 4.69) is 0 Å². The molecule has 0 aliphatic carbocycles. The Kier molecular flexibility index (Phi) is 4.15. The standard InChI is InChI=1S/C21H16O2/c1-15-11-13-16(14-12-15)18-9-5-6-10-19(18)21(23)20(22)17-7-3-2-4-8-17/h2-14H,1H3. The molecule has 0 aliphatic heterocycles. The van der Waals surface area contributed by atoms with Gasteiger partial charge in [-0.15, -0.1) is 0 Å². The van der Waals surface area contributed by atoms with E-state index in [1.54, 1.807) is 36.4 Å². The summed E-state index contributed by atoms with van der Waals surface area (Å²) in [7, 11) is 0. The molecule has 0 aromatic heterocycles. The normalized spacial score (nSPS) is 10.3. The predicted octanol–water partition coefficient (Wildman–Crippen LogP) is 4.73. The highest BCUT2D eigenvalue weighted by Crippen LogP contribution is 2.25. The smallest absolute Gasteiger partial charge is 0.234 e. The van der Waals surface area contributed by atoms with Gasteiger partial charge in [-0.1, -0.05) is 84.4 Å². The lowest BCUT2D eigenvalue weighted by Gasteiger charge is -2.09. The number of rotatable bonds is 4. The molecule has 3 rings (SSSR count). The second-order valence-electron chi connectivity index (χ2n) is 5.44. The van der Waals surface area contributed by atoms with E-state index in [0.29, 0.717) is 11.1 Å². The van der Waals surface area contributed by atoms with Crippen LogP contribution in [0.3, 0.4) is 0 Å². The Bertz CT molecular complexity index is 847. The van der Waals surface area contributed by atoms with Gasteiger partial charge in [0.25, 0.3) is 0 Å². The van der Waals surface area contributed by atoms with Crippen molar-refractivity contribution in [3.05, 3.63) is 95.6 Å². The van der Waals surface area contributed by atoms with Crippen molar-refractivity contribution in [2.24, 2.45) is 0 Å². The molecule has 0 fully saturated rings. The lowest BCUT2D eigenvalue weighted by Crippen LogP contribution is -2.15. The Morgan fingerprint density at radius 3 is 1.96 bits per heavy atom. The molecule has 0 atom stereocenters. The van der Waals surface area contributed by atoms with Crippen LogP contribution in [0.4, 0.5) is 0 Å². The van der Waals surface area contributed by atoms with E-state index in [-0.39, 0.29) is 0 Å². The molecular formula is C21H16O2. The maximum Gasteiger partial charge on any atom is 0.234 e. The Hall–Kier alpha value is -3.00. The first-order chi connectivity index (χ1) is 11.2. The van der Waals surface area contributed by atoms with E-state index in [1.165, 1.54) is 0 Å². The van der Waals surface area contributed by atoms with Crippen LogP contribution in [0.1, 0.15) is 26.3 Å². The topological polar surface area (TPSA) is 34.1 Å². The van der Waals surface area contributed by atoms with Gasteiger partial charge in [-0.05, 0) is 18.1 Å². The molecule has 0 N–H and O–H groups in total. The molecule has 2 nitrogen and oxygen atoms in total. The minimum absolute atomic E-state index is 0.413. The second kappa shape index (κ2) is 6.41. The Morgan fingerprint density at radius 2 is 1.26 bits per heavy atom. The summed E-state index contributed by atoms with van der Waals surface area (Å²) in [6.07, 6.45) is 0. The molecule has 0 heterocycles. The minimum Gasteiger partial charge on any atom is -0.285 e. The molecule has 0 saturated heterocycles. The summed E-state index contributed by atoms with van der Waals surface area (Å²) in [4.78, 5) is 25.1. The highest BCUT2D eigenvalue weighted by atomic mass is 16.2. The Labute approximate surface area is 135 Å². The van der Waals surface area contributed by atoms with Crippen LogP contribution in [0, 0.1) is 6.92 Å². The third kappa shape index (κ3) is 3.11. The summed E-state index contributed by atoms with van der Waals surface area (Å²) >= 11 is 0. The molecule has 0 saturated carbocycles. The number of benzene rings is 3. The van der Waals surface area contributed by atoms with E-state index >= 15 is 0 Å². The van der Waals surface area contributed by atoms with E-state index in [9.17, 15) is 9.59 Å². The molecular weight excluding hydrogens is 284 g/mol. The van der Waals surface area contributed by atoms with Gasteiger partial charge in [0.15, 0.2) is 0 Å². The van der Waals surface area contributed by atoms with Gasteiger partial charge < -0.3 is 0 Å². The average Bonchev–Trinajstić information content (AvgIpc) is 2.62. The molecule has 0 bridgehead atoms. The quantitative estimate of drug-likeness (QED) is 0.516. The molecule has 2 heteroatoms. The van der Waals surface area contributed by atoms with Crippen molar-refractivity contribution in [2.45, 2.75) is 6.92 Å². The van der Waals surface area contributed by atoms with Crippen molar-refractivity contribution in [1.82, 2.24) is 0 Å². The van der Waals surface area contributed by atoms with E-state index in [0.717, 1.165) is 16.7 Å². The Balaban J connectivity index is 2.02. The van der Waals surface area contributed by atoms with Crippen LogP contribution in [0.15, 0.2) is 78.9 Å². The van der Waals surface area contributed by atoms with Crippen molar-refractivity contribution in [3.8, 4) is 11.1 Å². The summed E-state index contributed by atoms with van der Waals surface area (Å²) < 4.78 is 0. The van der Waals surface area contributed by atoms with Crippen molar-refractivity contribution in [2.75, 3.05) is 0 Å². The number of carbonyl (C=O) groups excluding carboxylic acids is 2. The maximum atomic E-state index is 12.7. The molecule has 3 aromatic rings. The summed E-state index contributed by atoms with van der Waals surface area (Å²) in [5.41, 5.74) is 3.71. The van der Waals surface area contributed by atoms with Crippen LogP contribution in [0.2, 0.25) is 0 Å². The summed E-state index contributed by atoms with van der Waals surface area (Å²) in [6.45, 7) is 2.01. The fourth-order valence-corrected chi connectivity index (χ4v) is 2.51. The van der Waals surface area contributed by atoms with Crippen LogP contribution in [0.5, 0.6) is 0 Å². The molecule has 0 amide bonds. The third-order valence-corrected chi connectivity index (χ3v) is 3.78. The Morgan fingerprint density at radius 1 is 0.652 bits per heavy atom. The zero-order valence-electron chi connectivity index (χ0n) is 12.8. The van der Waals surface area contributed by atoms with E-state index in [4.69, 9.17) is 0 Å². The van der Waals surface area contributed by atoms with Gasteiger partial charge in [0, 0.05) is 11.1 Å². The number of hydrogen-bond acceptors (Lipinski definition) is 2. The maximum absolute atomic E-state index is 12.7. The monoisotopic (exact) mass is 300 g/mol. The first-order valence-electron chi connectivity index (χ1n) is 7.47. The van der Waals surface area contributed by atoms with Crippen LogP contribution < -0.4 is 0 Å². The number of aryl methyl sites for hydroxylation is 1. The van der Waals surface area contributed by atoms with Gasteiger partial charge in [-0.2, -0.15) is 0 Å². The van der Waals surface area contributed by atoms with Gasteiger partial charge in [0.05, 0.1) is 0 Å². The van der Waals surface area contributed by atoms with Crippen LogP contribution in [-0.2, 0) is 0 Å². The van der Waals surface area contributed by atoms with Gasteiger partial charge in [-0.25, -0.2) is 0 Å². The first kappa shape index (κ1) is 14.9. The first-order valence-corrected chi connectivity index (χ1v) is 7.47. The highest BCUT2D eigenvalue weighted by Gasteiger charge is 2.21. The number of Topliss-reactive ketones (excluding diaryl/α,β-unsaturated/α-hetero) is 2. The average molecular weight is 300 g/mol. The summed E-state index contributed by atoms with van der Waals surface area (Å²) in [5.74, 6) is -0.961. The lowest BCUT2D eigenvalue weighted by atomic mass is 9.93. The van der Waals surface area contributed by atoms with Crippen molar-refractivity contribution in [3.63, 3.8) is 0 Å². The van der Waals surface area contributed by atoms with Gasteiger partial charge in [-0.3, -0.25) is 9.59 Å². The van der Waals surface area contributed by atoms with E-state index < -0.39 is 11.6 Å². The van der Waals surface area contributed by atoms with Crippen molar-refractivity contribution >= 4 is 11.6 Å². The molecule has 0 unspecified atom stereocenters. The minimum atomic E-state index is -0.481. The molecule has 0 aliphatic rings. The largest absolute Gasteiger partial charge is 0.285 e. The van der Waals surface area contributed by atoms with Crippen LogP contribution >= 0.6 is 0 Å². The molecule has 0 spiro atoms. The molecule has 0 radical (unpaired) electrons.